The topological polar surface area (TPSA) is 153 Å². The molecule has 0 atom stereocenters. The number of nitrogens with one attached hydrogen (secondary N) is 4. The molecule has 0 aromatic heterocycles. The van der Waals surface area contributed by atoms with Crippen molar-refractivity contribution in [2.75, 3.05) is 166 Å². The first-order valence-corrected chi connectivity index (χ1v) is 38.3. The predicted molar refractivity (Wildman–Crippen MR) is 437 cm³/mol. The van der Waals surface area contributed by atoms with Crippen LogP contribution in [0.25, 0.3) is 0 Å². The maximum absolute atomic E-state index is 11.9. The summed E-state index contributed by atoms with van der Waals surface area (Å²) < 4.78 is 2.43. The molecule has 0 aliphatic heterocycles. The summed E-state index contributed by atoms with van der Waals surface area (Å²) in [5.41, 5.74) is 8.62. The summed E-state index contributed by atoms with van der Waals surface area (Å²) in [7, 11) is 8.30. The summed E-state index contributed by atoms with van der Waals surface area (Å²) >= 11 is 25.8. The van der Waals surface area contributed by atoms with Crippen molar-refractivity contribution in [2.45, 2.75) is 237 Å². The molecule has 5 aromatic carbocycles. The monoisotopic (exact) mass is 1440 g/mol. The van der Waals surface area contributed by atoms with Gasteiger partial charge >= 0.3 is 0 Å². The third-order valence-electron chi connectivity index (χ3n) is 17.2. The standard InChI is InChI=1S/C17H30N2OS.C16H28N2OS.2C15H26N2OS.C14H24N2OS/c1-6-10-19(11-7-2)12-8-9-18-14-13(17(3,4)5)15(20)16(14)21;1-6-10-18(7-2)11-8-9-17-13-12(16(3,4)5)14(19)15(13)20;1-6-9-17(5)10-7-8-16-12-11(15(2,3)4)13(18)14(12)19;1-6-17(7-2)10-8-9-16-12-11(15(3,4)5)13(18)14(12)19;1-14(2,3)10-11(13(18)12(10)17)16(6)9-7-8-15(4)5/h18H,6-12H2,1-5H3;17H,6-11H2,1-5H3;2*16H,6-10H2,1-5H3;7-9H2,1-6H3. The van der Waals surface area contributed by atoms with Crippen LogP contribution in [-0.2, 0) is 27.1 Å². The lowest BCUT2D eigenvalue weighted by Gasteiger charge is -2.31. The van der Waals surface area contributed by atoms with E-state index in [-0.39, 0.29) is 54.2 Å². The SMILES string of the molecule is CCCN(C)CCCNc1c(C(C)(C)C)c(=O)c1=S.CCCN(CC)CCCNc1c(C(C)(C)C)c(=O)c1=S.CCCN(CCC)CCCNc1c(C(C)(C)C)c(=O)c1=S.CCN(CC)CCCNc1c(C(C)(C)C)c(=O)c1=S.CN(C)CCCN(C)c1c(C(C)(C)C)c(=O)c1=S. The van der Waals surface area contributed by atoms with Crippen LogP contribution in [0, 0.1) is 22.6 Å². The van der Waals surface area contributed by atoms with Gasteiger partial charge in [-0.05, 0) is 185 Å². The molecule has 0 radical (unpaired) electrons. The van der Waals surface area contributed by atoms with Gasteiger partial charge in [-0.15, -0.1) is 0 Å². The first-order chi connectivity index (χ1) is 44.9. The molecule has 5 aromatic rings. The van der Waals surface area contributed by atoms with Gasteiger partial charge in [0.05, 0.1) is 28.4 Å². The summed E-state index contributed by atoms with van der Waals surface area (Å²) in [6.07, 6.45) is 10.1. The van der Waals surface area contributed by atoms with E-state index in [0.29, 0.717) is 22.6 Å². The van der Waals surface area contributed by atoms with Crippen LogP contribution in [0.15, 0.2) is 24.0 Å². The van der Waals surface area contributed by atoms with Gasteiger partial charge < -0.3 is 50.7 Å². The first kappa shape index (κ1) is 91.3. The molecule has 0 heterocycles. The molecule has 97 heavy (non-hydrogen) atoms. The normalized spacial score (nSPS) is 12.3. The Morgan fingerprint density at radius 3 is 0.845 bits per heavy atom. The Morgan fingerprint density at radius 2 is 0.567 bits per heavy atom. The molecule has 4 N–H and O–H groups in total. The van der Waals surface area contributed by atoms with Crippen LogP contribution < -0.4 is 53.3 Å². The summed E-state index contributed by atoms with van der Waals surface area (Å²) in [5, 5.41) is 13.4. The summed E-state index contributed by atoms with van der Waals surface area (Å²) in [6.45, 7) is 64.0. The fourth-order valence-electron chi connectivity index (χ4n) is 12.1. The average Bonchev–Trinajstić information content (AvgIpc) is 0.794. The molecule has 5 rings (SSSR count). The molecule has 0 aliphatic rings. The van der Waals surface area contributed by atoms with Crippen LogP contribution >= 0.6 is 61.1 Å². The Kier molecular flexibility index (Phi) is 40.2. The molecular weight excluding hydrogens is 1310 g/mol. The maximum Gasteiger partial charge on any atom is 0.204 e. The van der Waals surface area contributed by atoms with Crippen LogP contribution in [-0.4, -0.2) is 164 Å². The third-order valence-corrected chi connectivity index (χ3v) is 19.1. The molecule has 0 spiro atoms. The Bertz CT molecular complexity index is 3510. The van der Waals surface area contributed by atoms with E-state index in [1.54, 1.807) is 0 Å². The minimum absolute atomic E-state index is 0.0492. The van der Waals surface area contributed by atoms with E-state index in [9.17, 15) is 24.0 Å². The number of nitrogens with zero attached hydrogens (tertiary/aromatic N) is 6. The molecule has 0 saturated carbocycles. The van der Waals surface area contributed by atoms with Crippen LogP contribution in [0.4, 0.5) is 28.4 Å². The Labute approximate surface area is 614 Å². The van der Waals surface area contributed by atoms with Crippen molar-refractivity contribution in [3.8, 4) is 0 Å². The quantitative estimate of drug-likeness (QED) is 0.0222. The van der Waals surface area contributed by atoms with Gasteiger partial charge in [0.1, 0.15) is 22.6 Å². The summed E-state index contributed by atoms with van der Waals surface area (Å²) in [6, 6.07) is 0. The number of hydrogen-bond donors (Lipinski definition) is 4. The van der Waals surface area contributed by atoms with Crippen LogP contribution in [0.2, 0.25) is 0 Å². The highest BCUT2D eigenvalue weighted by Gasteiger charge is 2.33. The minimum Gasteiger partial charge on any atom is -0.383 e. The van der Waals surface area contributed by atoms with Gasteiger partial charge in [0.15, 0.2) is 0 Å². The van der Waals surface area contributed by atoms with Crippen molar-refractivity contribution in [3.05, 3.63) is 101 Å². The highest BCUT2D eigenvalue weighted by Crippen LogP contribution is 2.35. The zero-order chi connectivity index (χ0) is 74.7. The van der Waals surface area contributed by atoms with Crippen LogP contribution in [0.3, 0.4) is 0 Å². The van der Waals surface area contributed by atoms with E-state index in [1.807, 2.05) is 7.05 Å². The highest BCUT2D eigenvalue weighted by atomic mass is 32.1. The van der Waals surface area contributed by atoms with E-state index in [2.05, 4.69) is 224 Å². The average molecular weight is 1440 g/mol. The third kappa shape index (κ3) is 28.6. The van der Waals surface area contributed by atoms with Gasteiger partial charge in [-0.3, -0.25) is 24.0 Å². The molecule has 0 bridgehead atoms. The van der Waals surface area contributed by atoms with Crippen molar-refractivity contribution < 1.29 is 0 Å². The van der Waals surface area contributed by atoms with Crippen molar-refractivity contribution in [1.29, 1.82) is 0 Å². The van der Waals surface area contributed by atoms with E-state index in [4.69, 9.17) is 61.1 Å². The maximum atomic E-state index is 11.9. The van der Waals surface area contributed by atoms with Crippen molar-refractivity contribution in [2.24, 2.45) is 0 Å². The van der Waals surface area contributed by atoms with E-state index >= 15 is 0 Å². The molecular formula is C77H134N10O5S5. The van der Waals surface area contributed by atoms with Gasteiger partial charge in [0.2, 0.25) is 27.1 Å². The first-order valence-electron chi connectivity index (χ1n) is 36.3. The van der Waals surface area contributed by atoms with Crippen molar-refractivity contribution in [3.63, 3.8) is 0 Å². The minimum atomic E-state index is -0.127. The summed E-state index contributed by atoms with van der Waals surface area (Å²) in [5.74, 6) is 0. The summed E-state index contributed by atoms with van der Waals surface area (Å²) in [4.78, 5) is 73.2. The second-order valence-electron chi connectivity index (χ2n) is 31.6. The molecule has 0 aliphatic carbocycles. The van der Waals surface area contributed by atoms with E-state index in [0.717, 1.165) is 187 Å². The van der Waals surface area contributed by atoms with Crippen molar-refractivity contribution >= 4 is 89.5 Å². The lowest BCUT2D eigenvalue weighted by Crippen LogP contribution is -2.35. The number of anilines is 5. The van der Waals surface area contributed by atoms with Crippen LogP contribution in [0.1, 0.15) is 238 Å². The fourth-order valence-corrected chi connectivity index (χ4v) is 13.6. The van der Waals surface area contributed by atoms with Crippen molar-refractivity contribution in [1.82, 2.24) is 24.5 Å². The molecule has 0 unspecified atom stereocenters. The Morgan fingerprint density at radius 1 is 0.299 bits per heavy atom. The number of rotatable bonds is 36. The predicted octanol–water partition coefficient (Wildman–Crippen LogP) is 15.9. The van der Waals surface area contributed by atoms with E-state index in [1.165, 1.54) is 38.8 Å². The second-order valence-corrected chi connectivity index (χ2v) is 33.6. The Balaban J connectivity index is 0.000000607. The molecule has 20 heteroatoms. The zero-order valence-electron chi connectivity index (χ0n) is 65.7. The van der Waals surface area contributed by atoms with Crippen LogP contribution in [0.5, 0.6) is 0 Å². The fraction of sp³-hybridized carbons (Fsp3) is 0.740. The molecule has 0 amide bonds. The zero-order valence-corrected chi connectivity index (χ0v) is 69.7. The molecule has 0 fully saturated rings. The van der Waals surface area contributed by atoms with Gasteiger partial charge in [-0.1, -0.05) is 213 Å². The van der Waals surface area contributed by atoms with Gasteiger partial charge in [-0.25, -0.2) is 0 Å². The molecule has 15 nitrogen and oxygen atoms in total. The largest absolute Gasteiger partial charge is 0.383 e. The Hall–Kier alpha value is -3.70. The van der Waals surface area contributed by atoms with E-state index < -0.39 is 0 Å². The number of hydrogen-bond acceptors (Lipinski definition) is 20. The molecule has 0 saturated heterocycles. The molecule has 552 valence electrons. The lowest BCUT2D eigenvalue weighted by atomic mass is 9.82. The van der Waals surface area contributed by atoms with Gasteiger partial charge in [-0.2, -0.15) is 0 Å². The second kappa shape index (κ2) is 42.7. The van der Waals surface area contributed by atoms with Gasteiger partial charge in [0, 0.05) is 67.6 Å². The highest BCUT2D eigenvalue weighted by molar-refractivity contribution is 7.72. The van der Waals surface area contributed by atoms with Gasteiger partial charge in [0.25, 0.3) is 0 Å². The lowest BCUT2D eigenvalue weighted by molar-refractivity contribution is 0.274. The smallest absolute Gasteiger partial charge is 0.204 e.